The van der Waals surface area contributed by atoms with Gasteiger partial charge in [-0.05, 0) is 41.8 Å². The fourth-order valence-corrected chi connectivity index (χ4v) is 4.46. The Morgan fingerprint density at radius 1 is 0.889 bits per heavy atom. The summed E-state index contributed by atoms with van der Waals surface area (Å²) >= 11 is 6.10. The van der Waals surface area contributed by atoms with Crippen molar-refractivity contribution in [2.45, 2.75) is 12.3 Å². The largest absolute Gasteiger partial charge is 0.454 e. The third-order valence-electron chi connectivity index (χ3n) is 6.02. The van der Waals surface area contributed by atoms with Crippen LogP contribution in [0.3, 0.4) is 0 Å². The molecule has 2 aromatic heterocycles. The van der Waals surface area contributed by atoms with Crippen molar-refractivity contribution in [3.63, 3.8) is 0 Å². The molecule has 1 amide bonds. The maximum absolute atomic E-state index is 13.1. The molecule has 180 valence electrons. The van der Waals surface area contributed by atoms with E-state index in [1.54, 1.807) is 24.3 Å². The molecule has 0 fully saturated rings. The molecular weight excluding hydrogens is 474 g/mol. The number of amides is 1. The lowest BCUT2D eigenvalue weighted by Gasteiger charge is -2.18. The van der Waals surface area contributed by atoms with Crippen molar-refractivity contribution < 1.29 is 13.7 Å². The van der Waals surface area contributed by atoms with Gasteiger partial charge in [-0.3, -0.25) is 4.79 Å². The van der Waals surface area contributed by atoms with Crippen molar-refractivity contribution in [1.82, 2.24) is 10.5 Å². The van der Waals surface area contributed by atoms with Crippen LogP contribution in [-0.2, 0) is 0 Å². The highest BCUT2D eigenvalue weighted by Gasteiger charge is 2.25. The number of hydrogen-bond acceptors (Lipinski definition) is 5. The molecule has 0 aliphatic rings. The fourth-order valence-electron chi connectivity index (χ4n) is 4.27. The van der Waals surface area contributed by atoms with Crippen LogP contribution in [0.15, 0.2) is 106 Å². The highest BCUT2D eigenvalue weighted by atomic mass is 35.5. The Morgan fingerprint density at radius 3 is 2.22 bits per heavy atom. The van der Waals surface area contributed by atoms with E-state index in [0.717, 1.165) is 5.56 Å². The van der Waals surface area contributed by atoms with Crippen molar-refractivity contribution >= 4 is 23.4 Å². The van der Waals surface area contributed by atoms with E-state index in [4.69, 9.17) is 26.3 Å². The maximum Gasteiger partial charge on any atom is 0.259 e. The van der Waals surface area contributed by atoms with Crippen LogP contribution in [0.5, 0.6) is 0 Å². The minimum Gasteiger partial charge on any atom is -0.454 e. The minimum atomic E-state index is -0.371. The van der Waals surface area contributed by atoms with Crippen LogP contribution in [0.1, 0.15) is 33.8 Å². The van der Waals surface area contributed by atoms with Gasteiger partial charge in [-0.15, -0.1) is 0 Å². The lowest BCUT2D eigenvalue weighted by molar-refractivity contribution is 0.0953. The Kier molecular flexibility index (Phi) is 6.87. The number of halogens is 1. The van der Waals surface area contributed by atoms with Crippen LogP contribution in [0.2, 0.25) is 5.02 Å². The molecule has 2 heterocycles. The summed E-state index contributed by atoms with van der Waals surface area (Å²) in [5, 5.41) is 7.56. The molecule has 0 aliphatic carbocycles. The predicted molar refractivity (Wildman–Crippen MR) is 141 cm³/mol. The number of carbonyl (C=O) groups is 1. The lowest BCUT2D eigenvalue weighted by atomic mass is 9.88. The van der Waals surface area contributed by atoms with E-state index in [2.05, 4.69) is 34.7 Å². The normalized spacial score (nSPS) is 11.1. The second-order valence-corrected chi connectivity index (χ2v) is 8.80. The number of anilines is 1. The Labute approximate surface area is 213 Å². The van der Waals surface area contributed by atoms with E-state index < -0.39 is 0 Å². The summed E-state index contributed by atoms with van der Waals surface area (Å²) in [7, 11) is 0. The summed E-state index contributed by atoms with van der Waals surface area (Å²) in [5.74, 6) is 0.670. The Morgan fingerprint density at radius 2 is 1.56 bits per heavy atom. The van der Waals surface area contributed by atoms with Crippen LogP contribution >= 0.6 is 11.6 Å². The van der Waals surface area contributed by atoms with Gasteiger partial charge in [0, 0.05) is 23.0 Å². The number of nitrogens with two attached hydrogens (primary N) is 1. The molecular formula is C29H24ClN3O3. The molecule has 7 heteroatoms. The molecule has 6 nitrogen and oxygen atoms in total. The van der Waals surface area contributed by atoms with Gasteiger partial charge in [-0.2, -0.15) is 0 Å². The Bertz CT molecular complexity index is 1420. The van der Waals surface area contributed by atoms with Crippen LogP contribution in [0.4, 0.5) is 5.88 Å². The van der Waals surface area contributed by atoms with E-state index in [1.165, 1.54) is 11.1 Å². The van der Waals surface area contributed by atoms with Gasteiger partial charge < -0.3 is 20.0 Å². The van der Waals surface area contributed by atoms with E-state index >= 15 is 0 Å². The van der Waals surface area contributed by atoms with Crippen LogP contribution in [0, 0.1) is 0 Å². The van der Waals surface area contributed by atoms with Crippen molar-refractivity contribution in [2.24, 2.45) is 0 Å². The molecule has 0 bridgehead atoms. The number of rotatable bonds is 8. The third-order valence-corrected chi connectivity index (χ3v) is 6.25. The molecule has 0 saturated carbocycles. The summed E-state index contributed by atoms with van der Waals surface area (Å²) < 4.78 is 11.1. The summed E-state index contributed by atoms with van der Waals surface area (Å²) in [6.07, 6.45) is 0.708. The van der Waals surface area contributed by atoms with Gasteiger partial charge in [0.05, 0.1) is 0 Å². The minimum absolute atomic E-state index is 0.0640. The summed E-state index contributed by atoms with van der Waals surface area (Å²) in [5.41, 5.74) is 9.57. The van der Waals surface area contributed by atoms with Crippen LogP contribution in [-0.4, -0.2) is 17.6 Å². The van der Waals surface area contributed by atoms with Gasteiger partial charge in [0.2, 0.25) is 5.88 Å². The summed E-state index contributed by atoms with van der Waals surface area (Å²) in [4.78, 5) is 13.1. The first kappa shape index (κ1) is 23.5. The second kappa shape index (κ2) is 10.5. The SMILES string of the molecule is Nc1onc(-c2ccc(-c3cccc(Cl)c3)o2)c1C(=O)NCCC(c1ccccc1)c1ccccc1. The van der Waals surface area contributed by atoms with Crippen molar-refractivity contribution in [2.75, 3.05) is 12.3 Å². The van der Waals surface area contributed by atoms with Crippen molar-refractivity contribution in [1.29, 1.82) is 0 Å². The molecule has 3 aromatic carbocycles. The number of furan rings is 1. The first-order chi connectivity index (χ1) is 17.6. The van der Waals surface area contributed by atoms with Gasteiger partial charge in [0.1, 0.15) is 11.3 Å². The van der Waals surface area contributed by atoms with E-state index in [9.17, 15) is 4.79 Å². The molecule has 0 aliphatic heterocycles. The maximum atomic E-state index is 13.1. The summed E-state index contributed by atoms with van der Waals surface area (Å²) in [6.45, 7) is 0.434. The number of hydrogen-bond donors (Lipinski definition) is 2. The molecule has 5 aromatic rings. The van der Waals surface area contributed by atoms with Crippen molar-refractivity contribution in [3.05, 3.63) is 119 Å². The smallest absolute Gasteiger partial charge is 0.259 e. The molecule has 0 atom stereocenters. The van der Waals surface area contributed by atoms with Crippen LogP contribution in [0.25, 0.3) is 22.8 Å². The number of nitrogens with zero attached hydrogens (tertiary/aromatic N) is 1. The van der Waals surface area contributed by atoms with Gasteiger partial charge in [-0.25, -0.2) is 0 Å². The Balaban J connectivity index is 1.32. The molecule has 3 N–H and O–H groups in total. The number of nitrogens with one attached hydrogen (secondary N) is 1. The number of aromatic nitrogens is 1. The second-order valence-electron chi connectivity index (χ2n) is 8.36. The Hall–Kier alpha value is -4.29. The topological polar surface area (TPSA) is 94.3 Å². The van der Waals surface area contributed by atoms with Crippen LogP contribution < -0.4 is 11.1 Å². The van der Waals surface area contributed by atoms with Gasteiger partial charge >= 0.3 is 0 Å². The highest BCUT2D eigenvalue weighted by molar-refractivity contribution is 6.30. The first-order valence-corrected chi connectivity index (χ1v) is 12.0. The third kappa shape index (κ3) is 5.04. The van der Waals surface area contributed by atoms with E-state index in [-0.39, 0.29) is 29.0 Å². The molecule has 36 heavy (non-hydrogen) atoms. The average Bonchev–Trinajstić information content (AvgIpc) is 3.54. The van der Waals surface area contributed by atoms with Gasteiger partial charge in [0.25, 0.3) is 5.91 Å². The monoisotopic (exact) mass is 497 g/mol. The standard InChI is InChI=1S/C29H24ClN3O3/c30-22-13-7-12-21(18-22)24-14-15-25(35-24)27-26(28(31)36-33-27)29(34)32-17-16-23(19-8-3-1-4-9-19)20-10-5-2-6-11-20/h1-15,18,23H,16-17,31H2,(H,32,34). The lowest BCUT2D eigenvalue weighted by Crippen LogP contribution is -2.26. The molecule has 0 spiro atoms. The van der Waals surface area contributed by atoms with Gasteiger partial charge in [-0.1, -0.05) is 89.6 Å². The fraction of sp³-hybridized carbons (Fsp3) is 0.103. The molecule has 0 unspecified atom stereocenters. The molecule has 5 rings (SSSR count). The first-order valence-electron chi connectivity index (χ1n) is 11.6. The zero-order valence-electron chi connectivity index (χ0n) is 19.4. The summed E-state index contributed by atoms with van der Waals surface area (Å²) in [6, 6.07) is 31.3. The molecule has 0 saturated heterocycles. The predicted octanol–water partition coefficient (Wildman–Crippen LogP) is 6.79. The van der Waals surface area contributed by atoms with E-state index in [0.29, 0.717) is 29.5 Å². The van der Waals surface area contributed by atoms with E-state index in [1.807, 2.05) is 48.5 Å². The molecule has 0 radical (unpaired) electrons. The zero-order valence-corrected chi connectivity index (χ0v) is 20.1. The van der Waals surface area contributed by atoms with Crippen molar-refractivity contribution in [3.8, 4) is 22.8 Å². The quantitative estimate of drug-likeness (QED) is 0.246. The number of benzene rings is 3. The van der Waals surface area contributed by atoms with Gasteiger partial charge in [0.15, 0.2) is 11.5 Å². The number of nitrogen functional groups attached to an aromatic ring is 1. The highest BCUT2D eigenvalue weighted by Crippen LogP contribution is 2.33. The number of carbonyl (C=O) groups excluding carboxylic acids is 1. The zero-order chi connectivity index (χ0) is 24.9. The average molecular weight is 498 g/mol.